The third-order valence-electron chi connectivity index (χ3n) is 4.23. The minimum Gasteiger partial charge on any atom is -0.374 e. The average molecular weight is 304 g/mol. The highest BCUT2D eigenvalue weighted by atomic mass is 16.5. The maximum Gasteiger partial charge on any atom is 0.254 e. The average Bonchev–Trinajstić information content (AvgIpc) is 3.08. The zero-order valence-electron chi connectivity index (χ0n) is 12.8. The lowest BCUT2D eigenvalue weighted by molar-refractivity contribution is -0.128. The van der Waals surface area contributed by atoms with Gasteiger partial charge >= 0.3 is 0 Å². The van der Waals surface area contributed by atoms with Crippen LogP contribution in [0, 0.1) is 0 Å². The molecule has 2 N–H and O–H groups in total. The largest absolute Gasteiger partial charge is 0.374 e. The van der Waals surface area contributed by atoms with Crippen LogP contribution in [0.3, 0.4) is 0 Å². The highest BCUT2D eigenvalue weighted by Gasteiger charge is 2.21. The fraction of sp³-hybridized carbons (Fsp3) is 0.588. The van der Waals surface area contributed by atoms with Crippen molar-refractivity contribution < 1.29 is 14.3 Å². The van der Waals surface area contributed by atoms with Crippen LogP contribution in [0.5, 0.6) is 0 Å². The van der Waals surface area contributed by atoms with Crippen molar-refractivity contribution in [2.24, 2.45) is 0 Å². The SMILES string of the molecule is O=C(Nc1ccc(COC2CCCC2)cc1)C1CNCCO1. The van der Waals surface area contributed by atoms with E-state index in [2.05, 4.69) is 10.6 Å². The molecule has 5 nitrogen and oxygen atoms in total. The number of rotatable bonds is 5. The summed E-state index contributed by atoms with van der Waals surface area (Å²) in [5.74, 6) is -0.0952. The van der Waals surface area contributed by atoms with Gasteiger partial charge in [0.05, 0.1) is 19.3 Å². The second-order valence-electron chi connectivity index (χ2n) is 5.97. The third kappa shape index (κ3) is 4.29. The second kappa shape index (κ2) is 7.72. The number of ether oxygens (including phenoxy) is 2. The Morgan fingerprint density at radius 3 is 2.73 bits per heavy atom. The number of hydrogen-bond acceptors (Lipinski definition) is 4. The molecule has 0 radical (unpaired) electrons. The number of benzene rings is 1. The highest BCUT2D eigenvalue weighted by Crippen LogP contribution is 2.22. The molecule has 5 heteroatoms. The Hall–Kier alpha value is -1.43. The van der Waals surface area contributed by atoms with E-state index in [1.165, 1.54) is 25.7 Å². The van der Waals surface area contributed by atoms with Crippen LogP contribution in [-0.2, 0) is 20.9 Å². The lowest BCUT2D eigenvalue weighted by Gasteiger charge is -2.22. The fourth-order valence-corrected chi connectivity index (χ4v) is 2.91. The van der Waals surface area contributed by atoms with Crippen molar-refractivity contribution >= 4 is 11.6 Å². The molecular formula is C17H24N2O3. The topological polar surface area (TPSA) is 59.6 Å². The second-order valence-corrected chi connectivity index (χ2v) is 5.97. The van der Waals surface area contributed by atoms with Gasteiger partial charge in [-0.15, -0.1) is 0 Å². The summed E-state index contributed by atoms with van der Waals surface area (Å²) < 4.78 is 11.3. The molecule has 120 valence electrons. The van der Waals surface area contributed by atoms with Crippen LogP contribution in [-0.4, -0.2) is 37.8 Å². The van der Waals surface area contributed by atoms with Crippen molar-refractivity contribution in [1.82, 2.24) is 5.32 Å². The molecule has 1 aromatic carbocycles. The smallest absolute Gasteiger partial charge is 0.254 e. The van der Waals surface area contributed by atoms with Gasteiger partial charge in [-0.05, 0) is 30.5 Å². The highest BCUT2D eigenvalue weighted by molar-refractivity contribution is 5.94. The monoisotopic (exact) mass is 304 g/mol. The summed E-state index contributed by atoms with van der Waals surface area (Å²) in [4.78, 5) is 12.1. The first-order valence-electron chi connectivity index (χ1n) is 8.15. The summed E-state index contributed by atoms with van der Waals surface area (Å²) in [5, 5.41) is 6.04. The minimum absolute atomic E-state index is 0.0952. The molecule has 22 heavy (non-hydrogen) atoms. The van der Waals surface area contributed by atoms with Crippen LogP contribution in [0.25, 0.3) is 0 Å². The Morgan fingerprint density at radius 1 is 1.27 bits per heavy atom. The van der Waals surface area contributed by atoms with E-state index in [0.717, 1.165) is 17.8 Å². The van der Waals surface area contributed by atoms with E-state index in [0.29, 0.717) is 25.9 Å². The first kappa shape index (κ1) is 15.5. The minimum atomic E-state index is -0.404. The Labute approximate surface area is 131 Å². The maximum atomic E-state index is 12.1. The van der Waals surface area contributed by atoms with Gasteiger partial charge < -0.3 is 20.1 Å². The Balaban J connectivity index is 1.47. The van der Waals surface area contributed by atoms with E-state index in [1.54, 1.807) is 0 Å². The molecule has 2 aliphatic rings. The number of amides is 1. The summed E-state index contributed by atoms with van der Waals surface area (Å²) >= 11 is 0. The van der Waals surface area contributed by atoms with Gasteiger partial charge in [-0.25, -0.2) is 0 Å². The molecule has 1 unspecified atom stereocenters. The van der Waals surface area contributed by atoms with Crippen LogP contribution in [0.1, 0.15) is 31.2 Å². The molecular weight excluding hydrogens is 280 g/mol. The van der Waals surface area contributed by atoms with Crippen molar-refractivity contribution in [2.45, 2.75) is 44.5 Å². The standard InChI is InChI=1S/C17H24N2O3/c20-17(16-11-18-9-10-21-16)19-14-7-5-13(6-8-14)12-22-15-3-1-2-4-15/h5-8,15-16,18H,1-4,9-12H2,(H,19,20). The van der Waals surface area contributed by atoms with Gasteiger partial charge in [0.1, 0.15) is 6.10 Å². The molecule has 0 bridgehead atoms. The number of anilines is 1. The molecule has 1 atom stereocenters. The van der Waals surface area contributed by atoms with E-state index in [4.69, 9.17) is 9.47 Å². The summed E-state index contributed by atoms with van der Waals surface area (Å²) in [6.07, 6.45) is 4.96. The lowest BCUT2D eigenvalue weighted by atomic mass is 10.2. The number of hydrogen-bond donors (Lipinski definition) is 2. The van der Waals surface area contributed by atoms with Gasteiger partial charge in [0, 0.05) is 18.8 Å². The quantitative estimate of drug-likeness (QED) is 0.874. The van der Waals surface area contributed by atoms with Crippen molar-refractivity contribution in [3.05, 3.63) is 29.8 Å². The lowest BCUT2D eigenvalue weighted by Crippen LogP contribution is -2.45. The van der Waals surface area contributed by atoms with E-state index in [-0.39, 0.29) is 5.91 Å². The molecule has 0 spiro atoms. The number of carbonyl (C=O) groups excluding carboxylic acids is 1. The van der Waals surface area contributed by atoms with Gasteiger partial charge in [0.15, 0.2) is 0 Å². The van der Waals surface area contributed by atoms with Crippen LogP contribution >= 0.6 is 0 Å². The Bertz CT molecular complexity index is 477. The number of nitrogens with one attached hydrogen (secondary N) is 2. The molecule has 1 amide bonds. The molecule has 1 aliphatic carbocycles. The van der Waals surface area contributed by atoms with Crippen molar-refractivity contribution in [2.75, 3.05) is 25.0 Å². The molecule has 3 rings (SSSR count). The van der Waals surface area contributed by atoms with E-state index in [1.807, 2.05) is 24.3 Å². The van der Waals surface area contributed by atoms with Crippen LogP contribution in [0.2, 0.25) is 0 Å². The number of morpholine rings is 1. The van der Waals surface area contributed by atoms with Gasteiger partial charge in [-0.1, -0.05) is 25.0 Å². The van der Waals surface area contributed by atoms with Crippen LogP contribution in [0.15, 0.2) is 24.3 Å². The van der Waals surface area contributed by atoms with E-state index < -0.39 is 6.10 Å². The van der Waals surface area contributed by atoms with Gasteiger partial charge in [-0.3, -0.25) is 4.79 Å². The van der Waals surface area contributed by atoms with Crippen molar-refractivity contribution in [3.8, 4) is 0 Å². The molecule has 1 aromatic rings. The molecule has 1 heterocycles. The summed E-state index contributed by atoms with van der Waals surface area (Å²) in [7, 11) is 0. The molecule has 0 aromatic heterocycles. The number of carbonyl (C=O) groups is 1. The summed E-state index contributed by atoms with van der Waals surface area (Å²) in [6.45, 7) is 2.60. The molecule has 1 saturated carbocycles. The Kier molecular flexibility index (Phi) is 5.43. The van der Waals surface area contributed by atoms with Crippen LogP contribution in [0.4, 0.5) is 5.69 Å². The summed E-state index contributed by atoms with van der Waals surface area (Å²) in [6, 6.07) is 7.85. The zero-order valence-corrected chi connectivity index (χ0v) is 12.8. The first-order chi connectivity index (χ1) is 10.8. The van der Waals surface area contributed by atoms with E-state index in [9.17, 15) is 4.79 Å². The zero-order chi connectivity index (χ0) is 15.2. The molecule has 1 aliphatic heterocycles. The Morgan fingerprint density at radius 2 is 2.05 bits per heavy atom. The predicted octanol–water partition coefficient (Wildman–Crippen LogP) is 2.07. The third-order valence-corrected chi connectivity index (χ3v) is 4.23. The molecule has 2 fully saturated rings. The normalized spacial score (nSPS) is 22.6. The van der Waals surface area contributed by atoms with Gasteiger partial charge in [-0.2, -0.15) is 0 Å². The van der Waals surface area contributed by atoms with Gasteiger partial charge in [0.2, 0.25) is 0 Å². The van der Waals surface area contributed by atoms with Gasteiger partial charge in [0.25, 0.3) is 5.91 Å². The predicted molar refractivity (Wildman–Crippen MR) is 84.7 cm³/mol. The maximum absolute atomic E-state index is 12.1. The first-order valence-corrected chi connectivity index (χ1v) is 8.15. The van der Waals surface area contributed by atoms with Crippen LogP contribution < -0.4 is 10.6 Å². The molecule has 1 saturated heterocycles. The van der Waals surface area contributed by atoms with E-state index >= 15 is 0 Å². The van der Waals surface area contributed by atoms with Crippen molar-refractivity contribution in [3.63, 3.8) is 0 Å². The fourth-order valence-electron chi connectivity index (χ4n) is 2.91. The summed E-state index contributed by atoms with van der Waals surface area (Å²) in [5.41, 5.74) is 1.93. The van der Waals surface area contributed by atoms with Crippen molar-refractivity contribution in [1.29, 1.82) is 0 Å².